The van der Waals surface area contributed by atoms with Crippen LogP contribution in [0.2, 0.25) is 0 Å². The molecule has 0 unspecified atom stereocenters. The Bertz CT molecular complexity index is 169. The number of methoxy groups -OCH3 is 1. The molecule has 0 aromatic rings. The highest BCUT2D eigenvalue weighted by molar-refractivity contribution is 5.71. The summed E-state index contributed by atoms with van der Waals surface area (Å²) in [4.78, 5) is 10.3. The van der Waals surface area contributed by atoms with E-state index in [1.165, 1.54) is 0 Å². The van der Waals surface area contributed by atoms with E-state index in [1.807, 2.05) is 0 Å². The summed E-state index contributed by atoms with van der Waals surface area (Å²) in [6.07, 6.45) is 2.54. The van der Waals surface area contributed by atoms with Crippen molar-refractivity contribution >= 4 is 6.03 Å². The van der Waals surface area contributed by atoms with Crippen LogP contribution in [0, 0.1) is 0 Å². The Balaban J connectivity index is 1.88. The van der Waals surface area contributed by atoms with E-state index in [-0.39, 0.29) is 0 Å². The SMILES string of the molecule is COC1CC(NCCNC(N)=O)C1. The summed E-state index contributed by atoms with van der Waals surface area (Å²) >= 11 is 0. The molecule has 1 aliphatic carbocycles. The molecule has 5 heteroatoms. The molecule has 4 N–H and O–H groups in total. The van der Waals surface area contributed by atoms with Crippen LogP contribution < -0.4 is 16.4 Å². The minimum absolute atomic E-state index is 0.418. The number of hydrogen-bond donors (Lipinski definition) is 3. The molecule has 0 atom stereocenters. The molecular weight excluding hydrogens is 170 g/mol. The van der Waals surface area contributed by atoms with Crippen LogP contribution in [-0.2, 0) is 4.74 Å². The first-order chi connectivity index (χ1) is 6.22. The summed E-state index contributed by atoms with van der Waals surface area (Å²) in [5.74, 6) is 0. The molecule has 0 aliphatic heterocycles. The molecule has 1 aliphatic rings. The summed E-state index contributed by atoms with van der Waals surface area (Å²) in [5.41, 5.74) is 4.90. The van der Waals surface area contributed by atoms with Gasteiger partial charge in [0.05, 0.1) is 6.10 Å². The Morgan fingerprint density at radius 1 is 1.54 bits per heavy atom. The normalized spacial score (nSPS) is 26.5. The molecule has 76 valence electrons. The molecule has 0 spiro atoms. The second-order valence-corrected chi connectivity index (χ2v) is 3.27. The van der Waals surface area contributed by atoms with E-state index in [0.29, 0.717) is 18.7 Å². The first-order valence-corrected chi connectivity index (χ1v) is 4.52. The Labute approximate surface area is 78.0 Å². The van der Waals surface area contributed by atoms with Gasteiger partial charge in [-0.15, -0.1) is 0 Å². The van der Waals surface area contributed by atoms with Gasteiger partial charge in [0.1, 0.15) is 0 Å². The molecule has 2 amide bonds. The maximum atomic E-state index is 10.3. The van der Waals surface area contributed by atoms with Gasteiger partial charge in [0.2, 0.25) is 0 Å². The largest absolute Gasteiger partial charge is 0.381 e. The van der Waals surface area contributed by atoms with Crippen molar-refractivity contribution in [1.82, 2.24) is 10.6 Å². The molecule has 13 heavy (non-hydrogen) atoms. The van der Waals surface area contributed by atoms with Crippen LogP contribution in [0.5, 0.6) is 0 Å². The lowest BCUT2D eigenvalue weighted by Crippen LogP contribution is -2.47. The number of urea groups is 1. The van der Waals surface area contributed by atoms with E-state index in [9.17, 15) is 4.79 Å². The number of primary amides is 1. The molecule has 0 aromatic heterocycles. The molecule has 1 saturated carbocycles. The average molecular weight is 187 g/mol. The van der Waals surface area contributed by atoms with E-state index in [0.717, 1.165) is 19.4 Å². The van der Waals surface area contributed by atoms with E-state index in [2.05, 4.69) is 10.6 Å². The van der Waals surface area contributed by atoms with Crippen molar-refractivity contribution in [1.29, 1.82) is 0 Å². The van der Waals surface area contributed by atoms with Crippen molar-refractivity contribution in [3.63, 3.8) is 0 Å². The average Bonchev–Trinajstić information content (AvgIpc) is 2.00. The van der Waals surface area contributed by atoms with E-state index in [1.54, 1.807) is 7.11 Å². The van der Waals surface area contributed by atoms with Gasteiger partial charge < -0.3 is 21.1 Å². The fraction of sp³-hybridized carbons (Fsp3) is 0.875. The van der Waals surface area contributed by atoms with Crippen molar-refractivity contribution in [2.75, 3.05) is 20.2 Å². The van der Waals surface area contributed by atoms with E-state index in [4.69, 9.17) is 10.5 Å². The maximum absolute atomic E-state index is 10.3. The summed E-state index contributed by atoms with van der Waals surface area (Å²) in [6.45, 7) is 1.35. The molecule has 0 bridgehead atoms. The minimum Gasteiger partial charge on any atom is -0.381 e. The van der Waals surface area contributed by atoms with Crippen molar-refractivity contribution in [2.24, 2.45) is 5.73 Å². The van der Waals surface area contributed by atoms with Gasteiger partial charge in [0.25, 0.3) is 0 Å². The quantitative estimate of drug-likeness (QED) is 0.504. The molecule has 0 heterocycles. The number of rotatable bonds is 5. The van der Waals surface area contributed by atoms with Crippen LogP contribution in [0.3, 0.4) is 0 Å². The van der Waals surface area contributed by atoms with Crippen molar-refractivity contribution < 1.29 is 9.53 Å². The summed E-state index contributed by atoms with van der Waals surface area (Å²) < 4.78 is 5.13. The van der Waals surface area contributed by atoms with Crippen molar-refractivity contribution in [3.8, 4) is 0 Å². The van der Waals surface area contributed by atoms with Gasteiger partial charge in [-0.2, -0.15) is 0 Å². The Kier molecular flexibility index (Phi) is 3.98. The van der Waals surface area contributed by atoms with Crippen LogP contribution in [0.4, 0.5) is 4.79 Å². The van der Waals surface area contributed by atoms with Gasteiger partial charge >= 0.3 is 6.03 Å². The van der Waals surface area contributed by atoms with Crippen molar-refractivity contribution in [2.45, 2.75) is 25.0 Å². The number of amides is 2. The predicted octanol–water partition coefficient (Wildman–Crippen LogP) is -0.578. The van der Waals surface area contributed by atoms with Gasteiger partial charge in [0.15, 0.2) is 0 Å². The maximum Gasteiger partial charge on any atom is 0.312 e. The Hall–Kier alpha value is -0.810. The standard InChI is InChI=1S/C8H17N3O2/c1-13-7-4-6(5-7)10-2-3-11-8(9)12/h6-7,10H,2-5H2,1H3,(H3,9,11,12). The van der Waals surface area contributed by atoms with Crippen LogP contribution >= 0.6 is 0 Å². The number of nitrogens with one attached hydrogen (secondary N) is 2. The van der Waals surface area contributed by atoms with Crippen molar-refractivity contribution in [3.05, 3.63) is 0 Å². The third-order valence-corrected chi connectivity index (χ3v) is 2.29. The summed E-state index contributed by atoms with van der Waals surface area (Å²) in [6, 6.07) is 0.0739. The highest BCUT2D eigenvalue weighted by Crippen LogP contribution is 2.21. The summed E-state index contributed by atoms with van der Waals surface area (Å²) in [5, 5.41) is 5.81. The van der Waals surface area contributed by atoms with Gasteiger partial charge in [-0.05, 0) is 12.8 Å². The van der Waals surface area contributed by atoms with Gasteiger partial charge in [0, 0.05) is 26.2 Å². The van der Waals surface area contributed by atoms with Gasteiger partial charge in [-0.1, -0.05) is 0 Å². The molecule has 5 nitrogen and oxygen atoms in total. The number of hydrogen-bond acceptors (Lipinski definition) is 3. The molecule has 1 fully saturated rings. The molecular formula is C8H17N3O2. The Morgan fingerprint density at radius 2 is 2.23 bits per heavy atom. The zero-order chi connectivity index (χ0) is 9.68. The third-order valence-electron chi connectivity index (χ3n) is 2.29. The van der Waals surface area contributed by atoms with Crippen LogP contribution in [0.25, 0.3) is 0 Å². The lowest BCUT2D eigenvalue weighted by molar-refractivity contribution is 0.0177. The number of carbonyl (C=O) groups is 1. The smallest absolute Gasteiger partial charge is 0.312 e. The fourth-order valence-electron chi connectivity index (χ4n) is 1.39. The van der Waals surface area contributed by atoms with Crippen LogP contribution in [-0.4, -0.2) is 38.4 Å². The third kappa shape index (κ3) is 3.61. The minimum atomic E-state index is -0.467. The molecule has 0 saturated heterocycles. The number of carbonyl (C=O) groups excluding carboxylic acids is 1. The van der Waals surface area contributed by atoms with Crippen LogP contribution in [0.1, 0.15) is 12.8 Å². The fourth-order valence-corrected chi connectivity index (χ4v) is 1.39. The molecule has 0 aromatic carbocycles. The predicted molar refractivity (Wildman–Crippen MR) is 49.4 cm³/mol. The zero-order valence-corrected chi connectivity index (χ0v) is 7.88. The molecule has 1 rings (SSSR count). The topological polar surface area (TPSA) is 76.4 Å². The lowest BCUT2D eigenvalue weighted by Gasteiger charge is -2.34. The number of ether oxygens (including phenoxy) is 1. The monoisotopic (exact) mass is 187 g/mol. The second-order valence-electron chi connectivity index (χ2n) is 3.27. The summed E-state index contributed by atoms with van der Waals surface area (Å²) in [7, 11) is 1.73. The highest BCUT2D eigenvalue weighted by Gasteiger charge is 2.27. The van der Waals surface area contributed by atoms with E-state index >= 15 is 0 Å². The first kappa shape index (κ1) is 10.3. The first-order valence-electron chi connectivity index (χ1n) is 4.52. The van der Waals surface area contributed by atoms with Crippen LogP contribution in [0.15, 0.2) is 0 Å². The van der Waals surface area contributed by atoms with Gasteiger partial charge in [-0.3, -0.25) is 0 Å². The Morgan fingerprint density at radius 3 is 2.77 bits per heavy atom. The molecule has 0 radical (unpaired) electrons. The van der Waals surface area contributed by atoms with E-state index < -0.39 is 6.03 Å². The highest BCUT2D eigenvalue weighted by atomic mass is 16.5. The zero-order valence-electron chi connectivity index (χ0n) is 7.88. The second kappa shape index (κ2) is 5.04. The lowest BCUT2D eigenvalue weighted by atomic mass is 9.89. The number of nitrogens with two attached hydrogens (primary N) is 1. The van der Waals surface area contributed by atoms with Gasteiger partial charge in [-0.25, -0.2) is 4.79 Å².